The average Bonchev–Trinajstić information content (AvgIpc) is 3.68. The molecule has 2 amide bonds. The van der Waals surface area contributed by atoms with Crippen molar-refractivity contribution >= 4 is 110 Å². The average molecular weight is 816 g/mol. The van der Waals surface area contributed by atoms with Crippen LogP contribution in [-0.4, -0.2) is 56.3 Å². The van der Waals surface area contributed by atoms with Gasteiger partial charge in [-0.15, -0.1) is 18.5 Å². The molecule has 0 aliphatic rings. The first-order valence-electron chi connectivity index (χ1n) is 15.8. The number of aromatic nitrogens is 2. The number of hydrogen-bond acceptors (Lipinski definition) is 4. The molecule has 6 N–H and O–H groups in total. The van der Waals surface area contributed by atoms with Crippen LogP contribution in [0.25, 0.3) is 21.8 Å². The van der Waals surface area contributed by atoms with Crippen LogP contribution in [0.4, 0.5) is 15.8 Å². The van der Waals surface area contributed by atoms with Crippen molar-refractivity contribution in [1.29, 1.82) is 0 Å². The Morgan fingerprint density at radius 1 is 0.698 bits per heavy atom. The number of rotatable bonds is 10. The molecule has 6 aromatic rings. The lowest BCUT2D eigenvalue weighted by Gasteiger charge is -2.16. The minimum absolute atomic E-state index is 0.0377. The maximum Gasteiger partial charge on any atom is 0.352 e. The van der Waals surface area contributed by atoms with E-state index >= 15 is 0 Å². The van der Waals surface area contributed by atoms with Gasteiger partial charge in [-0.1, -0.05) is 59.1 Å². The molecule has 2 aromatic heterocycles. The third-order valence-corrected chi connectivity index (χ3v) is 10.3. The summed E-state index contributed by atoms with van der Waals surface area (Å²) in [6, 6.07) is 21.2. The summed E-state index contributed by atoms with van der Waals surface area (Å²) >= 11 is 17.9. The van der Waals surface area contributed by atoms with E-state index in [0.717, 1.165) is 17.0 Å². The first kappa shape index (κ1) is 39.7. The largest absolute Gasteiger partial charge is 0.477 e. The van der Waals surface area contributed by atoms with Crippen molar-refractivity contribution in [2.24, 2.45) is 0 Å². The first-order chi connectivity index (χ1) is 25.2. The van der Waals surface area contributed by atoms with E-state index in [2.05, 4.69) is 39.1 Å². The number of carbonyl (C=O) groups is 4. The standard InChI is InChI=1S/C19H18ClN2O3P.C18H14Cl2FN2O3P/c1-10-6-7-11(8-14(10)20)21-18(23)13(9-26)16-12-4-2-3-5-15(12)22-17(16)19(24)25;19-8-1-4-14-10(5-8)15(16(23-14)18(25)26)11(7-27)17(24)22-9-2-3-13(21)12(20)6-9/h2-8,13,22H,9,26H2,1H3,(H,21,23)(H,24,25);1-6,11,23H,7,27H2,(H,22,24)(H,25,26). The van der Waals surface area contributed by atoms with Crippen molar-refractivity contribution in [2.45, 2.75) is 18.8 Å². The normalized spacial score (nSPS) is 12.1. The van der Waals surface area contributed by atoms with Gasteiger partial charge in [0.05, 0.1) is 16.9 Å². The number of carboxylic acids is 2. The van der Waals surface area contributed by atoms with Gasteiger partial charge in [-0.2, -0.15) is 0 Å². The molecule has 0 saturated heterocycles. The van der Waals surface area contributed by atoms with E-state index in [1.165, 1.54) is 12.1 Å². The zero-order valence-electron chi connectivity index (χ0n) is 27.8. The molecule has 6 rings (SSSR count). The quantitative estimate of drug-likeness (QED) is 0.0755. The summed E-state index contributed by atoms with van der Waals surface area (Å²) in [6.07, 6.45) is 0.647. The Kier molecular flexibility index (Phi) is 12.8. The highest BCUT2D eigenvalue weighted by molar-refractivity contribution is 7.16. The lowest BCUT2D eigenvalue weighted by atomic mass is 9.96. The number of benzene rings is 4. The van der Waals surface area contributed by atoms with Gasteiger partial charge in [-0.25, -0.2) is 14.0 Å². The number of halogens is 4. The van der Waals surface area contributed by atoms with Crippen molar-refractivity contribution in [3.63, 3.8) is 0 Å². The van der Waals surface area contributed by atoms with E-state index < -0.39 is 35.5 Å². The molecule has 2 heterocycles. The lowest BCUT2D eigenvalue weighted by molar-refractivity contribution is -0.117. The molecular weight excluding hydrogens is 784 g/mol. The SMILES string of the molecule is Cc1ccc(NC(=O)C(CP)c2c(C(=O)O)[nH]c3ccccc23)cc1Cl.O=C(O)c1[nH]c2ccc(Cl)cc2c1C(CP)C(=O)Nc1ccc(F)c(Cl)c1. The maximum absolute atomic E-state index is 13.3. The number of aryl methyl sites for hydroxylation is 1. The van der Waals surface area contributed by atoms with Crippen LogP contribution in [-0.2, 0) is 9.59 Å². The summed E-state index contributed by atoms with van der Waals surface area (Å²) in [5, 5.41) is 26.8. The molecule has 4 aromatic carbocycles. The number of hydrogen-bond donors (Lipinski definition) is 6. The van der Waals surface area contributed by atoms with Gasteiger partial charge in [0.2, 0.25) is 11.8 Å². The van der Waals surface area contributed by atoms with Crippen LogP contribution in [0.5, 0.6) is 0 Å². The van der Waals surface area contributed by atoms with Crippen LogP contribution < -0.4 is 10.6 Å². The van der Waals surface area contributed by atoms with Crippen LogP contribution in [0.1, 0.15) is 49.5 Å². The van der Waals surface area contributed by atoms with Gasteiger partial charge in [0.15, 0.2) is 0 Å². The molecule has 274 valence electrons. The number of H-pyrrole nitrogens is 2. The second kappa shape index (κ2) is 17.1. The van der Waals surface area contributed by atoms with Crippen LogP contribution in [0.2, 0.25) is 15.1 Å². The predicted octanol–water partition coefficient (Wildman–Crippen LogP) is 9.33. The van der Waals surface area contributed by atoms with E-state index in [-0.39, 0.29) is 28.5 Å². The molecule has 0 aliphatic carbocycles. The van der Waals surface area contributed by atoms with Gasteiger partial charge < -0.3 is 30.8 Å². The van der Waals surface area contributed by atoms with Gasteiger partial charge >= 0.3 is 11.9 Å². The Bertz CT molecular complexity index is 2380. The number of aromatic carboxylic acids is 2. The highest BCUT2D eigenvalue weighted by Gasteiger charge is 2.30. The summed E-state index contributed by atoms with van der Waals surface area (Å²) in [7, 11) is 4.97. The van der Waals surface area contributed by atoms with Crippen LogP contribution >= 0.6 is 53.3 Å². The monoisotopic (exact) mass is 814 g/mol. The maximum atomic E-state index is 13.3. The second-order valence-corrected chi connectivity index (χ2v) is 14.0. The van der Waals surface area contributed by atoms with Crippen molar-refractivity contribution in [2.75, 3.05) is 23.0 Å². The fourth-order valence-corrected chi connectivity index (χ4v) is 7.26. The number of amides is 2. The highest BCUT2D eigenvalue weighted by Crippen LogP contribution is 2.35. The highest BCUT2D eigenvalue weighted by atomic mass is 35.5. The third-order valence-electron chi connectivity index (χ3n) is 8.40. The minimum Gasteiger partial charge on any atom is -0.477 e. The number of nitrogens with one attached hydrogen (secondary N) is 4. The molecule has 0 radical (unpaired) electrons. The Hall–Kier alpha value is -4.50. The van der Waals surface area contributed by atoms with Crippen molar-refractivity contribution < 1.29 is 33.8 Å². The molecule has 0 fully saturated rings. The molecule has 0 spiro atoms. The zero-order chi connectivity index (χ0) is 38.6. The van der Waals surface area contributed by atoms with Gasteiger partial charge in [-0.3, -0.25) is 9.59 Å². The van der Waals surface area contributed by atoms with E-state index in [1.807, 2.05) is 31.2 Å². The molecule has 10 nitrogen and oxygen atoms in total. The zero-order valence-corrected chi connectivity index (χ0v) is 32.3. The van der Waals surface area contributed by atoms with Gasteiger partial charge in [0.25, 0.3) is 0 Å². The van der Waals surface area contributed by atoms with Crippen molar-refractivity contribution in [1.82, 2.24) is 9.97 Å². The summed E-state index contributed by atoms with van der Waals surface area (Å²) < 4.78 is 13.3. The lowest BCUT2D eigenvalue weighted by Crippen LogP contribution is -2.24. The van der Waals surface area contributed by atoms with Crippen LogP contribution in [0.3, 0.4) is 0 Å². The fourth-order valence-electron chi connectivity index (χ4n) is 5.83. The Balaban J connectivity index is 0.000000204. The predicted molar refractivity (Wildman–Crippen MR) is 215 cm³/mol. The topological polar surface area (TPSA) is 164 Å². The summed E-state index contributed by atoms with van der Waals surface area (Å²) in [5.41, 5.74) is 3.83. The first-order valence-corrected chi connectivity index (χ1v) is 18.6. The van der Waals surface area contributed by atoms with Crippen molar-refractivity contribution in [3.05, 3.63) is 128 Å². The number of fused-ring (bicyclic) bond motifs is 2. The number of carboxylic acid groups (broad SMARTS) is 2. The van der Waals surface area contributed by atoms with Gasteiger partial charge in [-0.05, 0) is 79.4 Å². The van der Waals surface area contributed by atoms with Gasteiger partial charge in [0, 0.05) is 54.4 Å². The summed E-state index contributed by atoms with van der Waals surface area (Å²) in [6.45, 7) is 1.88. The Morgan fingerprint density at radius 2 is 1.21 bits per heavy atom. The number of carbonyl (C=O) groups excluding carboxylic acids is 2. The van der Waals surface area contributed by atoms with Crippen molar-refractivity contribution in [3.8, 4) is 0 Å². The summed E-state index contributed by atoms with van der Waals surface area (Å²) in [4.78, 5) is 54.8. The molecule has 4 atom stereocenters. The van der Waals surface area contributed by atoms with E-state index in [9.17, 15) is 33.8 Å². The molecule has 0 saturated carbocycles. The molecule has 0 bridgehead atoms. The van der Waals surface area contributed by atoms with E-state index in [1.54, 1.807) is 36.4 Å². The minimum atomic E-state index is -1.18. The second-order valence-electron chi connectivity index (χ2n) is 11.8. The number of para-hydroxylation sites is 1. The van der Waals surface area contributed by atoms with Crippen LogP contribution in [0, 0.1) is 12.7 Å². The molecule has 53 heavy (non-hydrogen) atoms. The fraction of sp³-hybridized carbons (Fsp3) is 0.135. The summed E-state index contributed by atoms with van der Waals surface area (Å²) in [5.74, 6) is -5.04. The van der Waals surface area contributed by atoms with Crippen LogP contribution in [0.15, 0.2) is 78.9 Å². The molecular formula is C37H32Cl3FN4O6P2. The number of anilines is 2. The Labute approximate surface area is 322 Å². The molecule has 0 aliphatic heterocycles. The Morgan fingerprint density at radius 3 is 1.74 bits per heavy atom. The third kappa shape index (κ3) is 8.84. The molecule has 4 unspecified atom stereocenters. The smallest absolute Gasteiger partial charge is 0.352 e. The van der Waals surface area contributed by atoms with E-state index in [0.29, 0.717) is 55.1 Å². The van der Waals surface area contributed by atoms with Gasteiger partial charge in [0.1, 0.15) is 17.2 Å². The number of aromatic amines is 2. The molecule has 16 heteroatoms. The van der Waals surface area contributed by atoms with E-state index in [4.69, 9.17) is 34.8 Å².